The van der Waals surface area contributed by atoms with Crippen molar-refractivity contribution in [1.29, 1.82) is 0 Å². The van der Waals surface area contributed by atoms with E-state index < -0.39 is 17.9 Å². The number of nitrogens with zero attached hydrogens (tertiary/aromatic N) is 1. The van der Waals surface area contributed by atoms with Crippen molar-refractivity contribution < 1.29 is 28.6 Å². The molecule has 0 amide bonds. The van der Waals surface area contributed by atoms with Crippen LogP contribution in [-0.2, 0) is 28.6 Å². The van der Waals surface area contributed by atoms with Gasteiger partial charge in [0.1, 0.15) is 0 Å². The summed E-state index contributed by atoms with van der Waals surface area (Å²) in [5.41, 5.74) is 3.87. The van der Waals surface area contributed by atoms with Crippen LogP contribution < -0.4 is 5.32 Å². The van der Waals surface area contributed by atoms with Crippen LogP contribution in [0.4, 0.5) is 0 Å². The number of hydrogen-bond acceptors (Lipinski definition) is 8. The van der Waals surface area contributed by atoms with Crippen molar-refractivity contribution in [2.75, 3.05) is 40.5 Å². The van der Waals surface area contributed by atoms with Crippen LogP contribution in [0.3, 0.4) is 0 Å². The van der Waals surface area contributed by atoms with Crippen LogP contribution in [0.25, 0.3) is 6.08 Å². The molecule has 0 bridgehead atoms. The molecule has 0 spiro atoms. The minimum absolute atomic E-state index is 0.187. The van der Waals surface area contributed by atoms with Crippen LogP contribution in [-0.4, -0.2) is 63.3 Å². The van der Waals surface area contributed by atoms with Gasteiger partial charge in [-0.1, -0.05) is 37.6 Å². The Hall–Kier alpha value is -3.39. The molecule has 0 aromatic heterocycles. The van der Waals surface area contributed by atoms with E-state index in [2.05, 4.69) is 5.32 Å². The molecule has 0 saturated carbocycles. The first-order valence-electron chi connectivity index (χ1n) is 12.9. The van der Waals surface area contributed by atoms with E-state index in [-0.39, 0.29) is 25.8 Å². The first kappa shape index (κ1) is 29.8. The maximum Gasteiger partial charge on any atom is 0.336 e. The van der Waals surface area contributed by atoms with E-state index >= 15 is 0 Å². The quantitative estimate of drug-likeness (QED) is 0.251. The molecule has 0 radical (unpaired) electrons. The number of allylic oxidation sites excluding steroid dienone is 1. The Balaban J connectivity index is 2.87. The number of rotatable bonds is 12. The topological polar surface area (TPSA) is 94.2 Å². The summed E-state index contributed by atoms with van der Waals surface area (Å²) in [6.45, 7) is 10.1. The summed E-state index contributed by atoms with van der Waals surface area (Å²) in [6.07, 6.45) is 3.09. The minimum Gasteiger partial charge on any atom is -0.463 e. The summed E-state index contributed by atoms with van der Waals surface area (Å²) >= 11 is 0. The number of nitrogens with one attached hydrogen (secondary N) is 1. The first-order valence-corrected chi connectivity index (χ1v) is 12.9. The largest absolute Gasteiger partial charge is 0.463 e. The second kappa shape index (κ2) is 14.4. The minimum atomic E-state index is -0.758. The monoisotopic (exact) mass is 512 g/mol. The van der Waals surface area contributed by atoms with Gasteiger partial charge in [-0.25, -0.2) is 14.4 Å². The summed E-state index contributed by atoms with van der Waals surface area (Å²) in [4.78, 5) is 41.3. The van der Waals surface area contributed by atoms with Crippen LogP contribution in [0, 0.1) is 0 Å². The Morgan fingerprint density at radius 2 is 1.51 bits per heavy atom. The van der Waals surface area contributed by atoms with Gasteiger partial charge < -0.3 is 24.4 Å². The summed E-state index contributed by atoms with van der Waals surface area (Å²) in [5.74, 6) is -2.16. The molecule has 1 N–H and O–H groups in total. The maximum atomic E-state index is 13.4. The van der Waals surface area contributed by atoms with Gasteiger partial charge in [0.15, 0.2) is 0 Å². The third-order valence-corrected chi connectivity index (χ3v) is 5.80. The molecule has 1 aliphatic rings. The Labute approximate surface area is 220 Å². The molecule has 37 heavy (non-hydrogen) atoms. The summed E-state index contributed by atoms with van der Waals surface area (Å²) in [6, 6.07) is 7.46. The number of dihydropyridines is 1. The van der Waals surface area contributed by atoms with Gasteiger partial charge in [-0.15, -0.1) is 0 Å². The predicted octanol–water partition coefficient (Wildman–Crippen LogP) is 4.34. The zero-order valence-corrected chi connectivity index (χ0v) is 23.1. The van der Waals surface area contributed by atoms with Crippen molar-refractivity contribution in [1.82, 2.24) is 10.2 Å². The van der Waals surface area contributed by atoms with Crippen molar-refractivity contribution in [3.05, 3.63) is 63.5 Å². The molecule has 202 valence electrons. The molecule has 8 nitrogen and oxygen atoms in total. The molecule has 0 saturated heterocycles. The van der Waals surface area contributed by atoms with Gasteiger partial charge >= 0.3 is 17.9 Å². The van der Waals surface area contributed by atoms with Crippen molar-refractivity contribution in [2.24, 2.45) is 0 Å². The van der Waals surface area contributed by atoms with Crippen molar-refractivity contribution in [3.8, 4) is 0 Å². The predicted molar refractivity (Wildman–Crippen MR) is 143 cm³/mol. The lowest BCUT2D eigenvalue weighted by Gasteiger charge is -2.33. The highest BCUT2D eigenvalue weighted by Crippen LogP contribution is 2.41. The summed E-state index contributed by atoms with van der Waals surface area (Å²) in [5, 5.41) is 3.27. The molecule has 2 rings (SSSR count). The first-order chi connectivity index (χ1) is 17.7. The van der Waals surface area contributed by atoms with Gasteiger partial charge in [0.2, 0.25) is 0 Å². The van der Waals surface area contributed by atoms with E-state index in [1.165, 1.54) is 0 Å². The maximum absolute atomic E-state index is 13.4. The van der Waals surface area contributed by atoms with Crippen LogP contribution in [0.5, 0.6) is 0 Å². The SMILES string of the molecule is CCCC(=Cc1ccccc1C1C(C(=O)OCC)=C(C)NC(CN(C)C)=C1C(=O)OCC)C(=O)OCC. The number of ether oxygens (including phenoxy) is 3. The van der Waals surface area contributed by atoms with E-state index in [0.717, 1.165) is 6.42 Å². The van der Waals surface area contributed by atoms with Crippen LogP contribution in [0.2, 0.25) is 0 Å². The Morgan fingerprint density at radius 3 is 2.08 bits per heavy atom. The number of benzene rings is 1. The molecule has 0 fully saturated rings. The Bertz CT molecular complexity index is 1080. The van der Waals surface area contributed by atoms with E-state index in [0.29, 0.717) is 52.2 Å². The van der Waals surface area contributed by atoms with E-state index in [9.17, 15) is 14.4 Å². The summed E-state index contributed by atoms with van der Waals surface area (Å²) < 4.78 is 16.2. The molecular formula is C29H40N2O6. The molecule has 1 heterocycles. The highest BCUT2D eigenvalue weighted by atomic mass is 16.5. The van der Waals surface area contributed by atoms with Gasteiger partial charge in [0, 0.05) is 23.5 Å². The van der Waals surface area contributed by atoms with E-state index in [4.69, 9.17) is 14.2 Å². The third-order valence-electron chi connectivity index (χ3n) is 5.80. The lowest BCUT2D eigenvalue weighted by molar-refractivity contribution is -0.140. The highest BCUT2D eigenvalue weighted by Gasteiger charge is 2.39. The Kier molecular flexibility index (Phi) is 11.6. The fraction of sp³-hybridized carbons (Fsp3) is 0.483. The molecule has 1 unspecified atom stereocenters. The molecule has 8 heteroatoms. The third kappa shape index (κ3) is 7.55. The van der Waals surface area contributed by atoms with Crippen molar-refractivity contribution in [2.45, 2.75) is 53.4 Å². The zero-order chi connectivity index (χ0) is 27.5. The smallest absolute Gasteiger partial charge is 0.336 e. The second-order valence-corrected chi connectivity index (χ2v) is 8.94. The average Bonchev–Trinajstić information content (AvgIpc) is 2.83. The van der Waals surface area contributed by atoms with Crippen molar-refractivity contribution in [3.63, 3.8) is 0 Å². The van der Waals surface area contributed by atoms with Gasteiger partial charge in [-0.2, -0.15) is 0 Å². The van der Waals surface area contributed by atoms with Gasteiger partial charge in [-0.05, 0) is 65.4 Å². The van der Waals surface area contributed by atoms with E-state index in [1.54, 1.807) is 33.8 Å². The number of esters is 3. The van der Waals surface area contributed by atoms with Gasteiger partial charge in [-0.3, -0.25) is 0 Å². The second-order valence-electron chi connectivity index (χ2n) is 8.94. The molecule has 0 aliphatic carbocycles. The Morgan fingerprint density at radius 1 is 0.919 bits per heavy atom. The number of carbonyl (C=O) groups is 3. The lowest BCUT2D eigenvalue weighted by atomic mass is 9.78. The highest BCUT2D eigenvalue weighted by molar-refractivity contribution is 6.01. The van der Waals surface area contributed by atoms with Crippen LogP contribution in [0.15, 0.2) is 52.4 Å². The van der Waals surface area contributed by atoms with E-state index in [1.807, 2.05) is 50.2 Å². The number of carbonyl (C=O) groups excluding carboxylic acids is 3. The average molecular weight is 513 g/mol. The standard InChI is InChI=1S/C29H40N2O6/c1-8-14-21(27(32)35-9-2)17-20-15-12-13-16-22(20)25-24(28(33)36-10-3)19(5)30-23(18-31(6)7)26(25)29(34)37-11-4/h12-13,15-17,25,30H,8-11,14,18H2,1-7H3. The molecule has 1 aromatic carbocycles. The number of hydrogen-bond donors (Lipinski definition) is 1. The normalized spacial score (nSPS) is 16.0. The number of likely N-dealkylation sites (N-methyl/N-ethyl adjacent to an activating group) is 1. The van der Waals surface area contributed by atoms with Crippen LogP contribution >= 0.6 is 0 Å². The molecule has 1 aliphatic heterocycles. The molecule has 1 aromatic rings. The molecule has 1 atom stereocenters. The van der Waals surface area contributed by atoms with Crippen LogP contribution in [0.1, 0.15) is 64.5 Å². The van der Waals surface area contributed by atoms with Crippen molar-refractivity contribution >= 4 is 24.0 Å². The fourth-order valence-electron chi connectivity index (χ4n) is 4.40. The van der Waals surface area contributed by atoms with Gasteiger partial charge in [0.05, 0.1) is 36.9 Å². The summed E-state index contributed by atoms with van der Waals surface area (Å²) in [7, 11) is 3.80. The fourth-order valence-corrected chi connectivity index (χ4v) is 4.40. The zero-order valence-electron chi connectivity index (χ0n) is 23.1. The van der Waals surface area contributed by atoms with Gasteiger partial charge in [0.25, 0.3) is 0 Å². The molecular weight excluding hydrogens is 472 g/mol. The lowest BCUT2D eigenvalue weighted by Crippen LogP contribution is -2.37.